The third-order valence-electron chi connectivity index (χ3n) is 3.29. The molecule has 1 N–H and O–H groups in total. The molecular weight excluding hydrogens is 202 g/mol. The minimum absolute atomic E-state index is 0.161. The van der Waals surface area contributed by atoms with Gasteiger partial charge in [-0.1, -0.05) is 25.7 Å². The minimum atomic E-state index is -0.794. The molecule has 94 valence electrons. The molecule has 1 aliphatic carbocycles. The van der Waals surface area contributed by atoms with Crippen LogP contribution in [-0.2, 0) is 4.79 Å². The SMILES string of the molecule is CN(CC(C)(C)O)C(=O)CCC1CCCC1. The predicted molar refractivity (Wildman–Crippen MR) is 65.1 cm³/mol. The number of carbonyl (C=O) groups excluding carboxylic acids is 1. The Balaban J connectivity index is 2.23. The number of aliphatic hydroxyl groups is 1. The Morgan fingerprint density at radius 1 is 1.38 bits per heavy atom. The maximum atomic E-state index is 11.8. The molecule has 1 saturated carbocycles. The number of rotatable bonds is 5. The van der Waals surface area contributed by atoms with E-state index in [0.29, 0.717) is 13.0 Å². The van der Waals surface area contributed by atoms with Gasteiger partial charge < -0.3 is 10.0 Å². The maximum absolute atomic E-state index is 11.8. The molecule has 1 rings (SSSR count). The van der Waals surface area contributed by atoms with E-state index in [0.717, 1.165) is 12.3 Å². The van der Waals surface area contributed by atoms with Gasteiger partial charge in [0.15, 0.2) is 0 Å². The van der Waals surface area contributed by atoms with E-state index in [9.17, 15) is 9.90 Å². The highest BCUT2D eigenvalue weighted by atomic mass is 16.3. The fourth-order valence-electron chi connectivity index (χ4n) is 2.49. The molecule has 1 fully saturated rings. The summed E-state index contributed by atoms with van der Waals surface area (Å²) in [4.78, 5) is 13.4. The van der Waals surface area contributed by atoms with E-state index >= 15 is 0 Å². The van der Waals surface area contributed by atoms with Crippen LogP contribution in [-0.4, -0.2) is 35.1 Å². The second-order valence-corrected chi connectivity index (χ2v) is 5.75. The Hall–Kier alpha value is -0.570. The Morgan fingerprint density at radius 3 is 2.44 bits per heavy atom. The highest BCUT2D eigenvalue weighted by Crippen LogP contribution is 2.28. The molecule has 0 aliphatic heterocycles. The van der Waals surface area contributed by atoms with E-state index < -0.39 is 5.60 Å². The lowest BCUT2D eigenvalue weighted by Gasteiger charge is -2.26. The lowest BCUT2D eigenvalue weighted by atomic mass is 10.0. The summed E-state index contributed by atoms with van der Waals surface area (Å²) >= 11 is 0. The van der Waals surface area contributed by atoms with Crippen LogP contribution in [0.1, 0.15) is 52.4 Å². The summed E-state index contributed by atoms with van der Waals surface area (Å²) in [5.41, 5.74) is -0.794. The van der Waals surface area contributed by atoms with Gasteiger partial charge in [-0.05, 0) is 26.2 Å². The van der Waals surface area contributed by atoms with Crippen molar-refractivity contribution in [1.29, 1.82) is 0 Å². The molecule has 0 aromatic heterocycles. The summed E-state index contributed by atoms with van der Waals surface area (Å²) in [5.74, 6) is 0.925. The molecule has 3 nitrogen and oxygen atoms in total. The van der Waals surface area contributed by atoms with Crippen molar-refractivity contribution in [3.05, 3.63) is 0 Å². The first-order valence-corrected chi connectivity index (χ1v) is 6.35. The number of hydrogen-bond donors (Lipinski definition) is 1. The lowest BCUT2D eigenvalue weighted by molar-refractivity contribution is -0.132. The number of nitrogens with zero attached hydrogens (tertiary/aromatic N) is 1. The zero-order valence-corrected chi connectivity index (χ0v) is 10.8. The summed E-state index contributed by atoms with van der Waals surface area (Å²) in [6.45, 7) is 3.87. The normalized spacial score (nSPS) is 17.8. The van der Waals surface area contributed by atoms with Crippen LogP contribution in [0.2, 0.25) is 0 Å². The van der Waals surface area contributed by atoms with Crippen molar-refractivity contribution < 1.29 is 9.90 Å². The van der Waals surface area contributed by atoms with E-state index in [2.05, 4.69) is 0 Å². The van der Waals surface area contributed by atoms with Crippen molar-refractivity contribution in [1.82, 2.24) is 4.90 Å². The van der Waals surface area contributed by atoms with Crippen molar-refractivity contribution in [2.24, 2.45) is 5.92 Å². The Bertz CT molecular complexity index is 227. The molecule has 0 bridgehead atoms. The molecule has 1 aliphatic rings. The number of hydrogen-bond acceptors (Lipinski definition) is 2. The van der Waals surface area contributed by atoms with Crippen LogP contribution < -0.4 is 0 Å². The van der Waals surface area contributed by atoms with Gasteiger partial charge in [0.05, 0.1) is 5.60 Å². The number of amides is 1. The van der Waals surface area contributed by atoms with Gasteiger partial charge in [-0.25, -0.2) is 0 Å². The largest absolute Gasteiger partial charge is 0.389 e. The van der Waals surface area contributed by atoms with Gasteiger partial charge in [0.25, 0.3) is 0 Å². The molecule has 0 atom stereocenters. The highest BCUT2D eigenvalue weighted by molar-refractivity contribution is 5.75. The van der Waals surface area contributed by atoms with Gasteiger partial charge in [-0.3, -0.25) is 4.79 Å². The van der Waals surface area contributed by atoms with Gasteiger partial charge in [0, 0.05) is 20.0 Å². The molecular formula is C13H25NO2. The smallest absolute Gasteiger partial charge is 0.222 e. The molecule has 0 spiro atoms. The predicted octanol–water partition coefficient (Wildman–Crippen LogP) is 2.19. The molecule has 0 aromatic rings. The molecule has 16 heavy (non-hydrogen) atoms. The Kier molecular flexibility index (Phi) is 4.78. The summed E-state index contributed by atoms with van der Waals surface area (Å²) < 4.78 is 0. The first-order valence-electron chi connectivity index (χ1n) is 6.35. The zero-order chi connectivity index (χ0) is 12.2. The molecule has 0 aromatic carbocycles. The Labute approximate surface area is 98.8 Å². The Morgan fingerprint density at radius 2 is 1.94 bits per heavy atom. The summed E-state index contributed by atoms with van der Waals surface area (Å²) in [5, 5.41) is 9.62. The average Bonchev–Trinajstić information content (AvgIpc) is 2.63. The van der Waals surface area contributed by atoms with Gasteiger partial charge >= 0.3 is 0 Å². The second kappa shape index (κ2) is 5.67. The number of likely N-dealkylation sites (N-methyl/N-ethyl adjacent to an activating group) is 1. The molecule has 1 amide bonds. The van der Waals surface area contributed by atoms with Gasteiger partial charge in [-0.15, -0.1) is 0 Å². The fourth-order valence-corrected chi connectivity index (χ4v) is 2.49. The monoisotopic (exact) mass is 227 g/mol. The lowest BCUT2D eigenvalue weighted by Crippen LogP contribution is -2.39. The summed E-state index contributed by atoms with van der Waals surface area (Å²) in [6.07, 6.45) is 6.91. The van der Waals surface area contributed by atoms with Gasteiger partial charge in [0.1, 0.15) is 0 Å². The third kappa shape index (κ3) is 4.97. The molecule has 0 heterocycles. The van der Waals surface area contributed by atoms with Crippen LogP contribution in [0.5, 0.6) is 0 Å². The number of carbonyl (C=O) groups is 1. The van der Waals surface area contributed by atoms with Crippen molar-refractivity contribution in [3.8, 4) is 0 Å². The first kappa shape index (κ1) is 13.5. The standard InChI is InChI=1S/C13H25NO2/c1-13(2,16)10-14(3)12(15)9-8-11-6-4-5-7-11/h11,16H,4-10H2,1-3H3. The summed E-state index contributed by atoms with van der Waals surface area (Å²) in [7, 11) is 1.77. The quantitative estimate of drug-likeness (QED) is 0.782. The van der Waals surface area contributed by atoms with Crippen molar-refractivity contribution >= 4 is 5.91 Å². The van der Waals surface area contributed by atoms with E-state index in [-0.39, 0.29) is 5.91 Å². The fraction of sp³-hybridized carbons (Fsp3) is 0.923. The van der Waals surface area contributed by atoms with Crippen LogP contribution in [0.3, 0.4) is 0 Å². The van der Waals surface area contributed by atoms with Crippen LogP contribution in [0, 0.1) is 5.92 Å². The van der Waals surface area contributed by atoms with Crippen molar-refractivity contribution in [2.45, 2.75) is 58.0 Å². The van der Waals surface area contributed by atoms with Gasteiger partial charge in [0.2, 0.25) is 5.91 Å². The topological polar surface area (TPSA) is 40.5 Å². The molecule has 0 saturated heterocycles. The first-order chi connectivity index (χ1) is 7.38. The maximum Gasteiger partial charge on any atom is 0.222 e. The van der Waals surface area contributed by atoms with Crippen molar-refractivity contribution in [3.63, 3.8) is 0 Å². The third-order valence-corrected chi connectivity index (χ3v) is 3.29. The molecule has 0 radical (unpaired) electrons. The van der Waals surface area contributed by atoms with Gasteiger partial charge in [-0.2, -0.15) is 0 Å². The van der Waals surface area contributed by atoms with Crippen LogP contribution in [0.4, 0.5) is 0 Å². The van der Waals surface area contributed by atoms with Crippen LogP contribution >= 0.6 is 0 Å². The highest BCUT2D eigenvalue weighted by Gasteiger charge is 2.21. The van der Waals surface area contributed by atoms with E-state index in [1.165, 1.54) is 25.7 Å². The average molecular weight is 227 g/mol. The molecule has 3 heteroatoms. The van der Waals surface area contributed by atoms with Crippen LogP contribution in [0.25, 0.3) is 0 Å². The summed E-state index contributed by atoms with van der Waals surface area (Å²) in [6, 6.07) is 0. The van der Waals surface area contributed by atoms with Crippen LogP contribution in [0.15, 0.2) is 0 Å². The minimum Gasteiger partial charge on any atom is -0.389 e. The molecule has 0 unspecified atom stereocenters. The van der Waals surface area contributed by atoms with E-state index in [1.807, 2.05) is 0 Å². The second-order valence-electron chi connectivity index (χ2n) is 5.75. The zero-order valence-electron chi connectivity index (χ0n) is 10.8. The van der Waals surface area contributed by atoms with Crippen molar-refractivity contribution in [2.75, 3.05) is 13.6 Å². The van der Waals surface area contributed by atoms with E-state index in [1.54, 1.807) is 25.8 Å². The van der Waals surface area contributed by atoms with E-state index in [4.69, 9.17) is 0 Å².